The zero-order valence-corrected chi connectivity index (χ0v) is 22.0. The van der Waals surface area contributed by atoms with Crippen molar-refractivity contribution in [3.63, 3.8) is 0 Å². The fourth-order valence-electron chi connectivity index (χ4n) is 5.31. The number of benzene rings is 3. The Balaban J connectivity index is 1.59. The van der Waals surface area contributed by atoms with Crippen LogP contribution in [0.1, 0.15) is 6.42 Å². The van der Waals surface area contributed by atoms with Crippen molar-refractivity contribution in [2.45, 2.75) is 12.1 Å². The van der Waals surface area contributed by atoms with Crippen LogP contribution in [0.3, 0.4) is 0 Å². The first-order valence-corrected chi connectivity index (χ1v) is 13.9. The van der Waals surface area contributed by atoms with E-state index in [-0.39, 0.29) is 6.42 Å². The average Bonchev–Trinajstić information content (AvgIpc) is 3.44. The van der Waals surface area contributed by atoms with Gasteiger partial charge in [-0.3, -0.25) is 0 Å². The first-order chi connectivity index (χ1) is 17.9. The Morgan fingerprint density at radius 3 is 1.68 bits per heavy atom. The topological polar surface area (TPSA) is 91.8 Å². The van der Waals surface area contributed by atoms with Crippen LogP contribution in [0, 0.1) is 0 Å². The Hall–Kier alpha value is -3.81. The maximum atomic E-state index is 14.0. The van der Waals surface area contributed by atoms with Crippen LogP contribution in [-0.4, -0.2) is 56.8 Å². The second kappa shape index (κ2) is 9.92. The van der Waals surface area contributed by atoms with Crippen molar-refractivity contribution in [3.05, 3.63) is 72.8 Å². The number of ether oxygens (including phenoxy) is 3. The number of carbonyl (C=O) groups excluding carboxylic acids is 2. The van der Waals surface area contributed by atoms with Gasteiger partial charge in [-0.25, -0.2) is 0 Å². The fraction of sp³-hybridized carbons (Fsp3) is 0.259. The van der Waals surface area contributed by atoms with Gasteiger partial charge >= 0.3 is 216 Å². The van der Waals surface area contributed by atoms with Gasteiger partial charge < -0.3 is 0 Å². The molecule has 2 amide bonds. The first-order valence-electron chi connectivity index (χ1n) is 12.0. The van der Waals surface area contributed by atoms with Gasteiger partial charge in [-0.2, -0.15) is 0 Å². The maximum absolute atomic E-state index is 14.0. The quantitative estimate of drug-likeness (QED) is 0.369. The molecule has 194 valence electrons. The van der Waals surface area contributed by atoms with E-state index in [9.17, 15) is 14.5 Å². The summed E-state index contributed by atoms with van der Waals surface area (Å²) in [6.07, 6.45) is -0.106. The minimum absolute atomic E-state index is 0.106. The Bertz CT molecular complexity index is 1230. The Labute approximate surface area is 216 Å². The van der Waals surface area contributed by atoms with Gasteiger partial charge in [-0.15, -0.1) is 0 Å². The molecule has 0 spiro atoms. The third-order valence-electron chi connectivity index (χ3n) is 7.00. The molecule has 37 heavy (non-hydrogen) atoms. The molecule has 0 bridgehead atoms. The van der Waals surface area contributed by atoms with Gasteiger partial charge in [0.1, 0.15) is 0 Å². The molecule has 10 heteroatoms. The van der Waals surface area contributed by atoms with E-state index in [0.29, 0.717) is 36.0 Å². The Kier molecular flexibility index (Phi) is 6.67. The molecule has 0 saturated carbocycles. The summed E-state index contributed by atoms with van der Waals surface area (Å²) in [6, 6.07) is 22.3. The predicted octanol–water partition coefficient (Wildman–Crippen LogP) is 3.86. The van der Waals surface area contributed by atoms with Crippen LogP contribution in [0.5, 0.6) is 17.2 Å². The number of nitrogens with zero attached hydrogens (tertiary/aromatic N) is 3. The monoisotopic (exact) mass is 523 g/mol. The van der Waals surface area contributed by atoms with Crippen molar-refractivity contribution in [3.8, 4) is 17.2 Å². The summed E-state index contributed by atoms with van der Waals surface area (Å²) >= 11 is 0. The minimum atomic E-state index is -3.77. The third-order valence-corrected chi connectivity index (χ3v) is 10.9. The molecule has 2 aliphatic rings. The molecular formula is C27H30N3O6P. The molecule has 1 atom stereocenters. The van der Waals surface area contributed by atoms with Crippen LogP contribution in [0.15, 0.2) is 72.8 Å². The molecule has 0 radical (unpaired) electrons. The molecule has 2 saturated heterocycles. The number of anilines is 3. The Morgan fingerprint density at radius 2 is 1.24 bits per heavy atom. The third kappa shape index (κ3) is 4.04. The van der Waals surface area contributed by atoms with Crippen molar-refractivity contribution < 1.29 is 28.7 Å². The molecule has 3 aromatic carbocycles. The molecule has 0 aliphatic carbocycles. The summed E-state index contributed by atoms with van der Waals surface area (Å²) in [7, 11) is 0.665. The second-order valence-corrected chi connectivity index (χ2v) is 12.0. The van der Waals surface area contributed by atoms with E-state index in [1.54, 1.807) is 12.1 Å². The normalized spacial score (nSPS) is 19.8. The van der Waals surface area contributed by atoms with E-state index in [2.05, 4.69) is 0 Å². The van der Waals surface area contributed by atoms with Crippen LogP contribution in [0.25, 0.3) is 0 Å². The van der Waals surface area contributed by atoms with Crippen molar-refractivity contribution in [2.24, 2.45) is 0 Å². The number of hydrogen-bond donors (Lipinski definition) is 1. The number of rotatable bonds is 7. The van der Waals surface area contributed by atoms with Gasteiger partial charge in [-0.1, -0.05) is 0 Å². The summed E-state index contributed by atoms with van der Waals surface area (Å²) < 4.78 is 20.1. The van der Waals surface area contributed by atoms with E-state index >= 15 is 0 Å². The molecule has 5 rings (SSSR count). The van der Waals surface area contributed by atoms with E-state index in [0.717, 1.165) is 16.3 Å². The van der Waals surface area contributed by atoms with Gasteiger partial charge in [0.25, 0.3) is 0 Å². The van der Waals surface area contributed by atoms with Crippen LogP contribution < -0.4 is 28.5 Å². The van der Waals surface area contributed by atoms with E-state index < -0.39 is 25.3 Å². The molecular weight excluding hydrogens is 493 g/mol. The zero-order chi connectivity index (χ0) is 26.2. The molecule has 0 aromatic heterocycles. The van der Waals surface area contributed by atoms with Crippen molar-refractivity contribution in [2.75, 3.05) is 48.7 Å². The molecule has 1 N–H and O–H groups in total. The van der Waals surface area contributed by atoms with E-state index in [1.165, 1.54) is 21.3 Å². The molecule has 3 aromatic rings. The SMILES string of the molecule is COc1cc(N2C(=O)CC([PH]3(O)N(c4ccccc4)CCN3c3ccccc3)C2=O)cc(OC)c1OC. The van der Waals surface area contributed by atoms with Gasteiger partial charge in [0.15, 0.2) is 0 Å². The van der Waals surface area contributed by atoms with Gasteiger partial charge in [-0.05, 0) is 0 Å². The van der Waals surface area contributed by atoms with Gasteiger partial charge in [0, 0.05) is 0 Å². The zero-order valence-electron chi connectivity index (χ0n) is 21.0. The molecule has 2 heterocycles. The second-order valence-electron chi connectivity index (χ2n) is 8.87. The molecule has 1 unspecified atom stereocenters. The van der Waals surface area contributed by atoms with Crippen LogP contribution >= 0.6 is 7.79 Å². The molecule has 9 nitrogen and oxygen atoms in total. The number of para-hydroxylation sites is 2. The standard InChI is InChI=1S/C27H30N3O6P/c1-34-22-16-21(17-23(35-2)26(22)36-3)30-25(31)18-24(27(30)32)37(33)28(19-10-6-4-7-11-19)14-15-29(37)20-12-8-5-9-13-20/h4-13,16-17,24,33,37H,14-15,18H2,1-3H3. The van der Waals surface area contributed by atoms with Crippen molar-refractivity contribution in [1.82, 2.24) is 0 Å². The average molecular weight is 524 g/mol. The van der Waals surface area contributed by atoms with Crippen LogP contribution in [0.4, 0.5) is 17.1 Å². The Morgan fingerprint density at radius 1 is 0.757 bits per heavy atom. The summed E-state index contributed by atoms with van der Waals surface area (Å²) in [5, 5.41) is 0. The predicted molar refractivity (Wildman–Crippen MR) is 145 cm³/mol. The number of amides is 2. The van der Waals surface area contributed by atoms with Crippen LogP contribution in [0.2, 0.25) is 0 Å². The summed E-state index contributed by atoms with van der Waals surface area (Å²) in [5.41, 5.74) is 1.03. The summed E-state index contributed by atoms with van der Waals surface area (Å²) in [4.78, 5) is 41.1. The molecule has 2 aliphatic heterocycles. The summed E-state index contributed by atoms with van der Waals surface area (Å²) in [5.74, 6) is 0.179. The number of hydrogen-bond acceptors (Lipinski definition) is 8. The van der Waals surface area contributed by atoms with E-state index in [4.69, 9.17) is 14.2 Å². The van der Waals surface area contributed by atoms with Gasteiger partial charge in [0.05, 0.1) is 0 Å². The molecule has 2 fully saturated rings. The summed E-state index contributed by atoms with van der Waals surface area (Å²) in [6.45, 7) is 1.06. The first kappa shape index (κ1) is 24.9. The van der Waals surface area contributed by atoms with Gasteiger partial charge in [0.2, 0.25) is 0 Å². The van der Waals surface area contributed by atoms with Crippen LogP contribution in [-0.2, 0) is 9.59 Å². The number of methoxy groups -OCH3 is 3. The number of imide groups is 1. The van der Waals surface area contributed by atoms with Crippen molar-refractivity contribution in [1.29, 1.82) is 0 Å². The fourth-order valence-corrected chi connectivity index (χ4v) is 9.18. The number of carbonyl (C=O) groups is 2. The van der Waals surface area contributed by atoms with E-state index in [1.807, 2.05) is 70.0 Å². The van der Waals surface area contributed by atoms with Crippen molar-refractivity contribution >= 4 is 36.7 Å².